The number of aldehydes is 1. The Bertz CT molecular complexity index is 665. The third kappa shape index (κ3) is 2.84. The quantitative estimate of drug-likeness (QED) is 0.359. The molecule has 1 heterocycles. The van der Waals surface area contributed by atoms with Gasteiger partial charge in [0, 0.05) is 11.5 Å². The van der Waals surface area contributed by atoms with Gasteiger partial charge in [-0.2, -0.15) is 4.57 Å². The first-order valence-electron chi connectivity index (χ1n) is 5.43. The number of rotatable bonds is 3. The molecule has 0 aliphatic heterocycles. The van der Waals surface area contributed by atoms with Crippen molar-refractivity contribution in [2.75, 3.05) is 0 Å². The van der Waals surface area contributed by atoms with Gasteiger partial charge in [0.1, 0.15) is 12.7 Å². The van der Waals surface area contributed by atoms with Gasteiger partial charge in [0.25, 0.3) is 5.82 Å². The molecule has 0 spiro atoms. The zero-order chi connectivity index (χ0) is 13.7. The van der Waals surface area contributed by atoms with E-state index in [2.05, 4.69) is 16.8 Å². The van der Waals surface area contributed by atoms with Gasteiger partial charge < -0.3 is 10.1 Å². The third-order valence-corrected chi connectivity index (χ3v) is 2.37. The molecule has 0 unspecified atom stereocenters. The third-order valence-electron chi connectivity index (χ3n) is 2.37. The fourth-order valence-electron chi connectivity index (χ4n) is 1.52. The lowest BCUT2D eigenvalue weighted by atomic mass is 10.2. The molecule has 2 aromatic rings. The first-order chi connectivity index (χ1) is 9.22. The molecule has 6 heteroatoms. The molecule has 0 aliphatic carbocycles. The largest absolute Gasteiger partial charge is 0.358 e. The number of carbonyl (C=O) groups excluding carboxylic acids is 1. The second kappa shape index (κ2) is 5.60. The predicted octanol–water partition coefficient (Wildman–Crippen LogP) is 1.39. The Hall–Kier alpha value is -2.94. The zero-order valence-electron chi connectivity index (χ0n) is 9.81. The number of benzene rings is 1. The van der Waals surface area contributed by atoms with E-state index in [0.717, 1.165) is 11.8 Å². The smallest absolute Gasteiger partial charge is 0.344 e. The maximum atomic E-state index is 10.8. The van der Waals surface area contributed by atoms with Crippen molar-refractivity contribution in [3.05, 3.63) is 58.0 Å². The molecule has 0 amide bonds. The maximum absolute atomic E-state index is 10.8. The summed E-state index contributed by atoms with van der Waals surface area (Å²) in [4.78, 5) is 24.6. The first kappa shape index (κ1) is 12.5. The van der Waals surface area contributed by atoms with Gasteiger partial charge in [-0.05, 0) is 17.1 Å². The average molecular weight is 255 g/mol. The van der Waals surface area contributed by atoms with Gasteiger partial charge in [0.05, 0.1) is 0 Å². The van der Waals surface area contributed by atoms with E-state index < -0.39 is 4.92 Å². The molecule has 0 N–H and O–H groups in total. The summed E-state index contributed by atoms with van der Waals surface area (Å²) in [5, 5.41) is 10.8. The van der Waals surface area contributed by atoms with Crippen molar-refractivity contribution in [1.29, 1.82) is 0 Å². The predicted molar refractivity (Wildman–Crippen MR) is 67.4 cm³/mol. The van der Waals surface area contributed by atoms with Gasteiger partial charge in [-0.3, -0.25) is 4.79 Å². The van der Waals surface area contributed by atoms with E-state index in [1.54, 1.807) is 0 Å². The van der Waals surface area contributed by atoms with E-state index in [-0.39, 0.29) is 18.2 Å². The summed E-state index contributed by atoms with van der Waals surface area (Å²) >= 11 is 0. The van der Waals surface area contributed by atoms with E-state index in [4.69, 9.17) is 0 Å². The molecule has 0 bridgehead atoms. The highest BCUT2D eigenvalue weighted by Crippen LogP contribution is 2.12. The molecule has 2 rings (SSSR count). The summed E-state index contributed by atoms with van der Waals surface area (Å²) in [6.45, 7) is -0.144. The molecule has 1 aromatic carbocycles. The van der Waals surface area contributed by atoms with E-state index in [9.17, 15) is 14.9 Å². The van der Waals surface area contributed by atoms with Crippen molar-refractivity contribution < 1.29 is 9.72 Å². The summed E-state index contributed by atoms with van der Waals surface area (Å²) in [6.07, 6.45) is 1.67. The van der Waals surface area contributed by atoms with Crippen molar-refractivity contribution in [1.82, 2.24) is 9.55 Å². The Kier molecular flexibility index (Phi) is 3.69. The molecule has 0 radical (unpaired) electrons. The number of carbonyl (C=O) groups is 1. The van der Waals surface area contributed by atoms with Crippen molar-refractivity contribution in [2.24, 2.45) is 0 Å². The summed E-state index contributed by atoms with van der Waals surface area (Å²) < 4.78 is 1.17. The molecular weight excluding hydrogens is 246 g/mol. The first-order valence-corrected chi connectivity index (χ1v) is 5.43. The van der Waals surface area contributed by atoms with Gasteiger partial charge in [-0.15, -0.1) is 0 Å². The van der Waals surface area contributed by atoms with Crippen LogP contribution in [0.25, 0.3) is 0 Å². The molecule has 6 nitrogen and oxygen atoms in total. The van der Waals surface area contributed by atoms with E-state index >= 15 is 0 Å². The Morgan fingerprint density at radius 1 is 1.32 bits per heavy atom. The van der Waals surface area contributed by atoms with E-state index in [1.165, 1.54) is 4.57 Å². The highest BCUT2D eigenvalue weighted by Gasteiger charge is 2.18. The number of imidazole rings is 1. The van der Waals surface area contributed by atoms with Crippen LogP contribution in [0.4, 0.5) is 5.82 Å². The van der Waals surface area contributed by atoms with Crippen LogP contribution in [0.15, 0.2) is 36.5 Å². The molecule has 19 heavy (non-hydrogen) atoms. The number of nitro groups is 1. The van der Waals surface area contributed by atoms with E-state index in [0.29, 0.717) is 6.29 Å². The van der Waals surface area contributed by atoms with Crippen LogP contribution in [0.3, 0.4) is 0 Å². The summed E-state index contributed by atoms with van der Waals surface area (Å²) in [6, 6.07) is 9.17. The van der Waals surface area contributed by atoms with E-state index in [1.807, 2.05) is 30.3 Å². The summed E-state index contributed by atoms with van der Waals surface area (Å²) in [5.41, 5.74) is 0.769. The van der Waals surface area contributed by atoms with Crippen LogP contribution in [0.5, 0.6) is 0 Å². The van der Waals surface area contributed by atoms with Crippen LogP contribution >= 0.6 is 0 Å². The SMILES string of the molecule is O=CCn1c([N+](=O)[O-])cnc1C#Cc1ccccc1. The maximum Gasteiger partial charge on any atom is 0.344 e. The second-order valence-corrected chi connectivity index (χ2v) is 3.59. The number of aromatic nitrogens is 2. The minimum atomic E-state index is -0.593. The van der Waals surface area contributed by atoms with Crippen molar-refractivity contribution in [3.63, 3.8) is 0 Å². The van der Waals surface area contributed by atoms with Crippen molar-refractivity contribution >= 4 is 12.1 Å². The lowest BCUT2D eigenvalue weighted by Gasteiger charge is -1.96. The normalized spacial score (nSPS) is 9.47. The number of nitrogens with zero attached hydrogens (tertiary/aromatic N) is 3. The topological polar surface area (TPSA) is 78.0 Å². The van der Waals surface area contributed by atoms with Gasteiger partial charge in [0.2, 0.25) is 0 Å². The minimum absolute atomic E-state index is 0.144. The molecule has 0 aliphatic rings. The molecule has 0 saturated heterocycles. The van der Waals surface area contributed by atoms with Crippen LogP contribution in [0, 0.1) is 22.0 Å². The fraction of sp³-hybridized carbons (Fsp3) is 0.0769. The Labute approximate surface area is 108 Å². The van der Waals surface area contributed by atoms with Crippen LogP contribution in [0.2, 0.25) is 0 Å². The molecule has 0 fully saturated rings. The van der Waals surface area contributed by atoms with Gasteiger partial charge >= 0.3 is 5.82 Å². The Morgan fingerprint density at radius 2 is 2.05 bits per heavy atom. The lowest BCUT2D eigenvalue weighted by molar-refractivity contribution is -0.392. The second-order valence-electron chi connectivity index (χ2n) is 3.59. The monoisotopic (exact) mass is 255 g/mol. The Balaban J connectivity index is 2.38. The number of hydrogen-bond acceptors (Lipinski definition) is 4. The summed E-state index contributed by atoms with van der Waals surface area (Å²) in [5.74, 6) is 5.52. The molecule has 94 valence electrons. The van der Waals surface area contributed by atoms with Gasteiger partial charge in [-0.1, -0.05) is 24.1 Å². The molecule has 1 aromatic heterocycles. The highest BCUT2D eigenvalue weighted by atomic mass is 16.6. The standard InChI is InChI=1S/C13H9N3O3/c17-9-8-15-12(14-10-13(15)16(18)19)7-6-11-4-2-1-3-5-11/h1-5,9-10H,8H2. The molecular formula is C13H9N3O3. The summed E-state index contributed by atoms with van der Waals surface area (Å²) in [7, 11) is 0. The number of hydrogen-bond donors (Lipinski definition) is 0. The lowest BCUT2D eigenvalue weighted by Crippen LogP contribution is -2.06. The molecule has 0 atom stereocenters. The van der Waals surface area contributed by atoms with Crippen LogP contribution in [-0.4, -0.2) is 20.8 Å². The van der Waals surface area contributed by atoms with Crippen molar-refractivity contribution in [2.45, 2.75) is 6.54 Å². The van der Waals surface area contributed by atoms with Crippen molar-refractivity contribution in [3.8, 4) is 11.8 Å². The Morgan fingerprint density at radius 3 is 2.68 bits per heavy atom. The fourth-order valence-corrected chi connectivity index (χ4v) is 1.52. The van der Waals surface area contributed by atoms with Crippen LogP contribution in [0.1, 0.15) is 11.4 Å². The average Bonchev–Trinajstić information content (AvgIpc) is 2.81. The van der Waals surface area contributed by atoms with Crippen LogP contribution in [-0.2, 0) is 11.3 Å². The van der Waals surface area contributed by atoms with Crippen LogP contribution < -0.4 is 0 Å². The highest BCUT2D eigenvalue weighted by molar-refractivity contribution is 5.51. The minimum Gasteiger partial charge on any atom is -0.358 e. The van der Waals surface area contributed by atoms with Gasteiger partial charge in [-0.25, -0.2) is 4.98 Å². The molecule has 0 saturated carbocycles. The zero-order valence-corrected chi connectivity index (χ0v) is 9.81. The van der Waals surface area contributed by atoms with Gasteiger partial charge in [0.15, 0.2) is 6.29 Å².